The summed E-state index contributed by atoms with van der Waals surface area (Å²) >= 11 is 0. The van der Waals surface area contributed by atoms with Crippen molar-refractivity contribution in [3.63, 3.8) is 0 Å². The third kappa shape index (κ3) is 2.44. The molecule has 1 saturated carbocycles. The summed E-state index contributed by atoms with van der Waals surface area (Å²) in [6, 6.07) is 2.55. The van der Waals surface area contributed by atoms with Crippen molar-refractivity contribution in [3.8, 4) is 0 Å². The molecule has 114 valence electrons. The smallest absolute Gasteiger partial charge is 0.326 e. The first kappa shape index (κ1) is 14.1. The number of methoxy groups -OCH3 is 1. The molecule has 1 amide bonds. The molecule has 2 heterocycles. The lowest BCUT2D eigenvalue weighted by atomic mass is 9.94. The van der Waals surface area contributed by atoms with Crippen LogP contribution in [-0.2, 0) is 16.1 Å². The van der Waals surface area contributed by atoms with E-state index in [0.29, 0.717) is 24.8 Å². The molecule has 1 aliphatic heterocycles. The summed E-state index contributed by atoms with van der Waals surface area (Å²) in [6.07, 6.45) is 2.95. The Morgan fingerprint density at radius 3 is 2.95 bits per heavy atom. The fraction of sp³-hybridized carbons (Fsp3) is 0.600. The van der Waals surface area contributed by atoms with Crippen LogP contribution >= 0.6 is 0 Å². The van der Waals surface area contributed by atoms with Crippen LogP contribution in [0.3, 0.4) is 0 Å². The quantitative estimate of drug-likeness (QED) is 0.914. The van der Waals surface area contributed by atoms with Gasteiger partial charge in [-0.1, -0.05) is 6.42 Å². The maximum absolute atomic E-state index is 12.5. The summed E-state index contributed by atoms with van der Waals surface area (Å²) in [7, 11) is 1.55. The SMILES string of the molecule is COCc1ccc(C(=O)N2C[C@@H]3CCC[C@H]3[C@H]2C(=O)O)o1. The molecule has 1 saturated heterocycles. The van der Waals surface area contributed by atoms with Crippen molar-refractivity contribution in [2.45, 2.75) is 31.9 Å². The van der Waals surface area contributed by atoms with Crippen molar-refractivity contribution in [3.05, 3.63) is 23.7 Å². The van der Waals surface area contributed by atoms with E-state index in [2.05, 4.69) is 0 Å². The Balaban J connectivity index is 1.81. The third-order valence-electron chi connectivity index (χ3n) is 4.56. The Bertz CT molecular complexity index is 552. The molecule has 0 unspecified atom stereocenters. The minimum absolute atomic E-state index is 0.0832. The number of fused-ring (bicyclic) bond motifs is 1. The third-order valence-corrected chi connectivity index (χ3v) is 4.56. The normalized spacial score (nSPS) is 27.9. The van der Waals surface area contributed by atoms with Crippen molar-refractivity contribution < 1.29 is 23.8 Å². The summed E-state index contributed by atoms with van der Waals surface area (Å²) < 4.78 is 10.4. The highest BCUT2D eigenvalue weighted by Crippen LogP contribution is 2.42. The van der Waals surface area contributed by atoms with Crippen molar-refractivity contribution in [1.82, 2.24) is 4.90 Å². The number of carboxylic acid groups (broad SMARTS) is 1. The van der Waals surface area contributed by atoms with E-state index in [9.17, 15) is 14.7 Å². The molecule has 21 heavy (non-hydrogen) atoms. The lowest BCUT2D eigenvalue weighted by Gasteiger charge is -2.23. The Kier molecular flexibility index (Phi) is 3.71. The van der Waals surface area contributed by atoms with Crippen molar-refractivity contribution in [2.24, 2.45) is 11.8 Å². The summed E-state index contributed by atoms with van der Waals surface area (Å²) in [5.74, 6) is -0.107. The number of carboxylic acids is 1. The molecule has 1 aliphatic carbocycles. The van der Waals surface area contributed by atoms with Gasteiger partial charge in [-0.15, -0.1) is 0 Å². The number of likely N-dealkylation sites (tertiary alicyclic amines) is 1. The number of carbonyl (C=O) groups excluding carboxylic acids is 1. The predicted octanol–water partition coefficient (Wildman–Crippen LogP) is 1.75. The minimum Gasteiger partial charge on any atom is -0.480 e. The number of nitrogens with zero attached hydrogens (tertiary/aromatic N) is 1. The average molecular weight is 293 g/mol. The van der Waals surface area contributed by atoms with E-state index < -0.39 is 12.0 Å². The summed E-state index contributed by atoms with van der Waals surface area (Å²) in [6.45, 7) is 0.807. The van der Waals surface area contributed by atoms with Crippen molar-refractivity contribution in [1.29, 1.82) is 0 Å². The van der Waals surface area contributed by atoms with Gasteiger partial charge < -0.3 is 19.2 Å². The lowest BCUT2D eigenvalue weighted by molar-refractivity contribution is -0.142. The lowest BCUT2D eigenvalue weighted by Crippen LogP contribution is -2.43. The number of hydrogen-bond acceptors (Lipinski definition) is 4. The minimum atomic E-state index is -0.915. The standard InChI is InChI=1S/C15H19NO5/c1-20-8-10-5-6-12(21-10)14(17)16-7-9-3-2-4-11(9)13(16)15(18)19/h5-6,9,11,13H,2-4,7-8H2,1H3,(H,18,19)/t9-,11+,13-/m0/s1. The molecule has 1 aromatic heterocycles. The first-order valence-corrected chi connectivity index (χ1v) is 7.23. The van der Waals surface area contributed by atoms with Crippen LogP contribution in [0, 0.1) is 11.8 Å². The van der Waals surface area contributed by atoms with E-state index in [1.165, 1.54) is 4.90 Å². The average Bonchev–Trinajstić information content (AvgIpc) is 3.11. The first-order valence-electron chi connectivity index (χ1n) is 7.23. The molecule has 3 rings (SSSR count). The molecule has 2 fully saturated rings. The van der Waals surface area contributed by atoms with Gasteiger partial charge in [-0.05, 0) is 36.8 Å². The van der Waals surface area contributed by atoms with Gasteiger partial charge in [0.2, 0.25) is 0 Å². The molecule has 6 nitrogen and oxygen atoms in total. The van der Waals surface area contributed by atoms with E-state index in [1.54, 1.807) is 19.2 Å². The van der Waals surface area contributed by atoms with Gasteiger partial charge in [-0.25, -0.2) is 4.79 Å². The van der Waals surface area contributed by atoms with Crippen LogP contribution in [0.5, 0.6) is 0 Å². The number of ether oxygens (including phenoxy) is 1. The summed E-state index contributed by atoms with van der Waals surface area (Å²) in [4.78, 5) is 25.6. The second kappa shape index (κ2) is 5.52. The molecule has 1 aromatic rings. The van der Waals surface area contributed by atoms with Crippen LogP contribution in [-0.4, -0.2) is 41.6 Å². The van der Waals surface area contributed by atoms with Gasteiger partial charge in [0.05, 0.1) is 0 Å². The second-order valence-electron chi connectivity index (χ2n) is 5.79. The van der Waals surface area contributed by atoms with E-state index in [4.69, 9.17) is 9.15 Å². The molecule has 0 radical (unpaired) electrons. The zero-order valence-electron chi connectivity index (χ0n) is 11.9. The molecule has 3 atom stereocenters. The van der Waals surface area contributed by atoms with Gasteiger partial charge in [0, 0.05) is 13.7 Å². The summed E-state index contributed by atoms with van der Waals surface area (Å²) in [5.41, 5.74) is 0. The van der Waals surface area contributed by atoms with E-state index in [0.717, 1.165) is 19.3 Å². The van der Waals surface area contributed by atoms with Gasteiger partial charge in [0.1, 0.15) is 18.4 Å². The van der Waals surface area contributed by atoms with Crippen LogP contribution in [0.4, 0.5) is 0 Å². The molecular weight excluding hydrogens is 274 g/mol. The highest BCUT2D eigenvalue weighted by Gasteiger charge is 2.50. The Morgan fingerprint density at radius 2 is 2.24 bits per heavy atom. The highest BCUT2D eigenvalue weighted by atomic mass is 16.5. The highest BCUT2D eigenvalue weighted by molar-refractivity contribution is 5.95. The molecule has 0 spiro atoms. The van der Waals surface area contributed by atoms with Crippen molar-refractivity contribution in [2.75, 3.05) is 13.7 Å². The largest absolute Gasteiger partial charge is 0.480 e. The topological polar surface area (TPSA) is 80.0 Å². The Labute approximate surface area is 122 Å². The maximum Gasteiger partial charge on any atom is 0.326 e. The van der Waals surface area contributed by atoms with Gasteiger partial charge in [0.15, 0.2) is 5.76 Å². The molecule has 0 bridgehead atoms. The zero-order valence-corrected chi connectivity index (χ0v) is 11.9. The van der Waals surface area contributed by atoms with Crippen molar-refractivity contribution >= 4 is 11.9 Å². The number of aliphatic carboxylic acids is 1. The number of hydrogen-bond donors (Lipinski definition) is 1. The van der Waals surface area contributed by atoms with Crippen LogP contribution in [0.1, 0.15) is 35.6 Å². The predicted molar refractivity (Wildman–Crippen MR) is 72.7 cm³/mol. The number of furan rings is 1. The fourth-order valence-corrected chi connectivity index (χ4v) is 3.69. The van der Waals surface area contributed by atoms with E-state index in [-0.39, 0.29) is 17.6 Å². The Morgan fingerprint density at radius 1 is 1.43 bits per heavy atom. The van der Waals surface area contributed by atoms with E-state index >= 15 is 0 Å². The van der Waals surface area contributed by atoms with E-state index in [1.807, 2.05) is 0 Å². The molecule has 2 aliphatic rings. The molecule has 0 aromatic carbocycles. The summed E-state index contributed by atoms with van der Waals surface area (Å²) in [5, 5.41) is 9.47. The fourth-order valence-electron chi connectivity index (χ4n) is 3.69. The molecule has 1 N–H and O–H groups in total. The van der Waals surface area contributed by atoms with Crippen LogP contribution in [0.15, 0.2) is 16.5 Å². The van der Waals surface area contributed by atoms with Crippen LogP contribution in [0.2, 0.25) is 0 Å². The maximum atomic E-state index is 12.5. The van der Waals surface area contributed by atoms with Gasteiger partial charge in [-0.2, -0.15) is 0 Å². The second-order valence-corrected chi connectivity index (χ2v) is 5.79. The first-order chi connectivity index (χ1) is 10.1. The zero-order chi connectivity index (χ0) is 15.0. The molecular formula is C15H19NO5. The Hall–Kier alpha value is -1.82. The van der Waals surface area contributed by atoms with Crippen LogP contribution in [0.25, 0.3) is 0 Å². The van der Waals surface area contributed by atoms with Gasteiger partial charge >= 0.3 is 5.97 Å². The number of carbonyl (C=O) groups is 2. The van der Waals surface area contributed by atoms with Crippen LogP contribution < -0.4 is 0 Å². The molecule has 6 heteroatoms. The monoisotopic (exact) mass is 293 g/mol. The number of amides is 1. The van der Waals surface area contributed by atoms with Gasteiger partial charge in [-0.3, -0.25) is 4.79 Å². The van der Waals surface area contributed by atoms with Gasteiger partial charge in [0.25, 0.3) is 5.91 Å². The number of rotatable bonds is 4.